The molecule has 0 atom stereocenters. The molecule has 0 unspecified atom stereocenters. The minimum absolute atomic E-state index is 0.170. The maximum atomic E-state index is 8.73. The van der Waals surface area contributed by atoms with Crippen molar-refractivity contribution in [2.24, 2.45) is 0 Å². The SMILES string of the molecule is Cc1ccc(N2CCN(C=C(C#N)C#N)CC2)cc1. The number of rotatable bonds is 2. The summed E-state index contributed by atoms with van der Waals surface area (Å²) in [7, 11) is 0. The van der Waals surface area contributed by atoms with Crippen LogP contribution >= 0.6 is 0 Å². The molecule has 0 N–H and O–H groups in total. The van der Waals surface area contributed by atoms with Crippen LogP contribution in [-0.4, -0.2) is 31.1 Å². The molecular weight excluding hydrogens is 236 g/mol. The smallest absolute Gasteiger partial charge is 0.145 e. The van der Waals surface area contributed by atoms with E-state index in [0.29, 0.717) is 0 Å². The van der Waals surface area contributed by atoms with Gasteiger partial charge in [-0.2, -0.15) is 10.5 Å². The predicted octanol–water partition coefficient (Wildman–Crippen LogP) is 2.05. The minimum Gasteiger partial charge on any atom is -0.372 e. The number of piperazine rings is 1. The van der Waals surface area contributed by atoms with Crippen molar-refractivity contribution >= 4 is 5.69 Å². The first-order valence-corrected chi connectivity index (χ1v) is 6.30. The largest absolute Gasteiger partial charge is 0.372 e. The molecule has 2 rings (SSSR count). The predicted molar refractivity (Wildman–Crippen MR) is 74.3 cm³/mol. The van der Waals surface area contributed by atoms with Crippen molar-refractivity contribution in [2.75, 3.05) is 31.1 Å². The zero-order valence-electron chi connectivity index (χ0n) is 11.0. The number of anilines is 1. The van der Waals surface area contributed by atoms with Gasteiger partial charge in [-0.15, -0.1) is 0 Å². The maximum Gasteiger partial charge on any atom is 0.145 e. The number of nitriles is 2. The van der Waals surface area contributed by atoms with E-state index < -0.39 is 0 Å². The summed E-state index contributed by atoms with van der Waals surface area (Å²) in [5, 5.41) is 17.5. The summed E-state index contributed by atoms with van der Waals surface area (Å²) in [6.45, 7) is 5.56. The van der Waals surface area contributed by atoms with Gasteiger partial charge >= 0.3 is 0 Å². The molecule has 0 aromatic heterocycles. The molecule has 1 aliphatic rings. The zero-order chi connectivity index (χ0) is 13.7. The highest BCUT2D eigenvalue weighted by Gasteiger charge is 2.15. The summed E-state index contributed by atoms with van der Waals surface area (Å²) in [5.41, 5.74) is 2.66. The van der Waals surface area contributed by atoms with E-state index >= 15 is 0 Å². The quantitative estimate of drug-likeness (QED) is 0.756. The molecule has 1 heterocycles. The third-order valence-corrected chi connectivity index (χ3v) is 3.27. The van der Waals surface area contributed by atoms with Crippen LogP contribution in [0.3, 0.4) is 0 Å². The molecule has 19 heavy (non-hydrogen) atoms. The molecule has 0 amide bonds. The number of hydrogen-bond acceptors (Lipinski definition) is 4. The molecule has 0 aliphatic carbocycles. The van der Waals surface area contributed by atoms with Crippen molar-refractivity contribution < 1.29 is 0 Å². The monoisotopic (exact) mass is 252 g/mol. The van der Waals surface area contributed by atoms with Crippen LogP contribution in [-0.2, 0) is 0 Å². The third-order valence-electron chi connectivity index (χ3n) is 3.27. The van der Waals surface area contributed by atoms with Crippen LogP contribution in [0.25, 0.3) is 0 Å². The molecule has 96 valence electrons. The highest BCUT2D eigenvalue weighted by Crippen LogP contribution is 2.17. The van der Waals surface area contributed by atoms with Gasteiger partial charge in [-0.1, -0.05) is 17.7 Å². The molecule has 0 radical (unpaired) electrons. The molecule has 1 aromatic carbocycles. The molecule has 1 saturated heterocycles. The Hall–Kier alpha value is -2.46. The lowest BCUT2D eigenvalue weighted by atomic mass is 10.2. The Morgan fingerprint density at radius 1 is 1.05 bits per heavy atom. The average molecular weight is 252 g/mol. The molecule has 0 saturated carbocycles. The Bertz CT molecular complexity index is 521. The second-order valence-electron chi connectivity index (χ2n) is 4.62. The lowest BCUT2D eigenvalue weighted by Gasteiger charge is -2.35. The Labute approximate surface area is 113 Å². The van der Waals surface area contributed by atoms with Crippen LogP contribution in [0.15, 0.2) is 36.0 Å². The lowest BCUT2D eigenvalue weighted by molar-refractivity contribution is 0.348. The summed E-state index contributed by atoms with van der Waals surface area (Å²) >= 11 is 0. The average Bonchev–Trinajstić information content (AvgIpc) is 2.46. The van der Waals surface area contributed by atoms with Crippen molar-refractivity contribution in [2.45, 2.75) is 6.92 Å². The van der Waals surface area contributed by atoms with E-state index in [-0.39, 0.29) is 5.57 Å². The second kappa shape index (κ2) is 5.93. The maximum absolute atomic E-state index is 8.73. The standard InChI is InChI=1S/C15H16N4/c1-13-2-4-15(5-3-13)19-8-6-18(7-9-19)12-14(10-16)11-17/h2-5,12H,6-9H2,1H3. The van der Waals surface area contributed by atoms with Gasteiger partial charge in [0.2, 0.25) is 0 Å². The van der Waals surface area contributed by atoms with Gasteiger partial charge in [0.1, 0.15) is 17.7 Å². The minimum atomic E-state index is 0.170. The van der Waals surface area contributed by atoms with Crippen molar-refractivity contribution in [3.8, 4) is 12.1 Å². The first-order valence-electron chi connectivity index (χ1n) is 6.30. The summed E-state index contributed by atoms with van der Waals surface area (Å²) in [4.78, 5) is 4.36. The fourth-order valence-electron chi connectivity index (χ4n) is 2.13. The van der Waals surface area contributed by atoms with Crippen molar-refractivity contribution in [3.63, 3.8) is 0 Å². The van der Waals surface area contributed by atoms with Crippen LogP contribution in [0.1, 0.15) is 5.56 Å². The van der Waals surface area contributed by atoms with Gasteiger partial charge in [0.15, 0.2) is 0 Å². The van der Waals surface area contributed by atoms with E-state index in [1.165, 1.54) is 11.3 Å². The van der Waals surface area contributed by atoms with Gasteiger partial charge in [0.05, 0.1) is 0 Å². The molecule has 0 spiro atoms. The van der Waals surface area contributed by atoms with Gasteiger partial charge in [0.25, 0.3) is 0 Å². The van der Waals surface area contributed by atoms with Crippen molar-refractivity contribution in [1.82, 2.24) is 4.90 Å². The highest BCUT2D eigenvalue weighted by atomic mass is 15.3. The third kappa shape index (κ3) is 3.26. The van der Waals surface area contributed by atoms with Gasteiger partial charge < -0.3 is 9.80 Å². The summed E-state index contributed by atoms with van der Waals surface area (Å²) < 4.78 is 0. The van der Waals surface area contributed by atoms with Gasteiger partial charge in [-0.25, -0.2) is 0 Å². The van der Waals surface area contributed by atoms with E-state index in [2.05, 4.69) is 36.1 Å². The Kier molecular flexibility index (Phi) is 4.05. The summed E-state index contributed by atoms with van der Waals surface area (Å²) in [5.74, 6) is 0. The lowest BCUT2D eigenvalue weighted by Crippen LogP contribution is -2.44. The van der Waals surface area contributed by atoms with Gasteiger partial charge in [-0.05, 0) is 19.1 Å². The first kappa shape index (κ1) is 13.0. The van der Waals surface area contributed by atoms with Crippen molar-refractivity contribution in [1.29, 1.82) is 10.5 Å². The molecule has 4 heteroatoms. The topological polar surface area (TPSA) is 54.1 Å². The molecule has 1 fully saturated rings. The number of aryl methyl sites for hydroxylation is 1. The number of benzene rings is 1. The molecule has 0 bridgehead atoms. The normalized spacial score (nSPS) is 14.5. The fraction of sp³-hybridized carbons (Fsp3) is 0.333. The van der Waals surface area contributed by atoms with Crippen LogP contribution in [0.2, 0.25) is 0 Å². The van der Waals surface area contributed by atoms with E-state index in [0.717, 1.165) is 26.2 Å². The highest BCUT2D eigenvalue weighted by molar-refractivity contribution is 5.48. The molecular formula is C15H16N4. The molecule has 1 aromatic rings. The van der Waals surface area contributed by atoms with Crippen LogP contribution in [0, 0.1) is 29.6 Å². The molecule has 4 nitrogen and oxygen atoms in total. The van der Waals surface area contributed by atoms with Gasteiger partial charge in [-0.3, -0.25) is 0 Å². The van der Waals surface area contributed by atoms with Crippen LogP contribution in [0.5, 0.6) is 0 Å². The number of allylic oxidation sites excluding steroid dienone is 1. The second-order valence-corrected chi connectivity index (χ2v) is 4.62. The molecule has 1 aliphatic heterocycles. The summed E-state index contributed by atoms with van der Waals surface area (Å²) in [6.07, 6.45) is 1.66. The van der Waals surface area contributed by atoms with Crippen molar-refractivity contribution in [3.05, 3.63) is 41.6 Å². The van der Waals surface area contributed by atoms with Gasteiger partial charge in [0, 0.05) is 38.1 Å². The van der Waals surface area contributed by atoms with E-state index in [1.54, 1.807) is 6.20 Å². The number of nitrogens with zero attached hydrogens (tertiary/aromatic N) is 4. The van der Waals surface area contributed by atoms with E-state index in [9.17, 15) is 0 Å². The van der Waals surface area contributed by atoms with E-state index in [1.807, 2.05) is 17.0 Å². The fourth-order valence-corrected chi connectivity index (χ4v) is 2.13. The number of hydrogen-bond donors (Lipinski definition) is 0. The Morgan fingerprint density at radius 2 is 1.63 bits per heavy atom. The summed E-state index contributed by atoms with van der Waals surface area (Å²) in [6, 6.07) is 12.3. The Morgan fingerprint density at radius 3 is 2.16 bits per heavy atom. The Balaban J connectivity index is 1.97. The first-order chi connectivity index (χ1) is 9.22. The van der Waals surface area contributed by atoms with Crippen LogP contribution < -0.4 is 4.90 Å². The zero-order valence-corrected chi connectivity index (χ0v) is 11.0. The van der Waals surface area contributed by atoms with E-state index in [4.69, 9.17) is 10.5 Å². The van der Waals surface area contributed by atoms with Crippen LogP contribution in [0.4, 0.5) is 5.69 Å².